The van der Waals surface area contributed by atoms with E-state index in [0.717, 1.165) is 15.7 Å². The zero-order valence-electron chi connectivity index (χ0n) is 10.2. The van der Waals surface area contributed by atoms with E-state index in [1.165, 1.54) is 12.1 Å². The van der Waals surface area contributed by atoms with Gasteiger partial charge in [-0.15, -0.1) is 0 Å². The first kappa shape index (κ1) is 14.2. The quantitative estimate of drug-likeness (QED) is 0.855. The first-order chi connectivity index (χ1) is 9.08. The maximum absolute atomic E-state index is 13.2. The van der Waals surface area contributed by atoms with E-state index < -0.39 is 0 Å². The van der Waals surface area contributed by atoms with Gasteiger partial charge in [0.05, 0.1) is 12.1 Å². The Kier molecular flexibility index (Phi) is 4.66. The summed E-state index contributed by atoms with van der Waals surface area (Å²) in [6.07, 6.45) is 0. The van der Waals surface area contributed by atoms with Crippen LogP contribution in [0.4, 0.5) is 10.1 Å². The summed E-state index contributed by atoms with van der Waals surface area (Å²) < 4.78 is 19.1. The van der Waals surface area contributed by atoms with E-state index in [-0.39, 0.29) is 5.82 Å². The third kappa shape index (κ3) is 3.85. The Balaban J connectivity index is 2.10. The Morgan fingerprint density at radius 1 is 1.26 bits per heavy atom. The predicted octanol–water partition coefficient (Wildman–Crippen LogP) is 4.86. The molecule has 0 aliphatic carbocycles. The molecule has 0 spiro atoms. The van der Waals surface area contributed by atoms with Crippen LogP contribution < -0.4 is 10.1 Å². The highest BCUT2D eigenvalue weighted by molar-refractivity contribution is 9.10. The first-order valence-electron chi connectivity index (χ1n) is 5.61. The van der Waals surface area contributed by atoms with Crippen molar-refractivity contribution in [2.45, 2.75) is 6.54 Å². The maximum Gasteiger partial charge on any atom is 0.139 e. The van der Waals surface area contributed by atoms with Gasteiger partial charge in [-0.2, -0.15) is 0 Å². The molecule has 0 amide bonds. The van der Waals surface area contributed by atoms with Gasteiger partial charge in [0.1, 0.15) is 11.6 Å². The van der Waals surface area contributed by atoms with Gasteiger partial charge in [-0.05, 0) is 35.9 Å². The molecule has 0 saturated carbocycles. The second-order valence-electron chi connectivity index (χ2n) is 3.98. The summed E-state index contributed by atoms with van der Waals surface area (Å²) in [6, 6.07) is 10.2. The van der Waals surface area contributed by atoms with Crippen LogP contribution in [0.5, 0.6) is 5.75 Å². The molecule has 2 rings (SSSR count). The fraction of sp³-hybridized carbons (Fsp3) is 0.143. The standard InChI is InChI=1S/C14H12BrClFNO/c1-19-14-7-12(2-3-13(14)16)18-8-9-4-10(15)6-11(17)5-9/h2-7,18H,8H2,1H3. The van der Waals surface area contributed by atoms with Gasteiger partial charge in [0.2, 0.25) is 0 Å². The Labute approximate surface area is 124 Å². The molecule has 0 atom stereocenters. The van der Waals surface area contributed by atoms with Gasteiger partial charge < -0.3 is 10.1 Å². The second kappa shape index (κ2) is 6.26. The molecule has 2 nitrogen and oxygen atoms in total. The van der Waals surface area contributed by atoms with E-state index in [9.17, 15) is 4.39 Å². The SMILES string of the molecule is COc1cc(NCc2cc(F)cc(Br)c2)ccc1Cl. The van der Waals surface area contributed by atoms with Crippen LogP contribution in [0, 0.1) is 5.82 Å². The van der Waals surface area contributed by atoms with Crippen LogP contribution in [0.2, 0.25) is 5.02 Å². The van der Waals surface area contributed by atoms with Crippen LogP contribution in [-0.2, 0) is 6.54 Å². The minimum atomic E-state index is -0.264. The summed E-state index contributed by atoms with van der Waals surface area (Å²) in [5.74, 6) is 0.340. The van der Waals surface area contributed by atoms with Crippen molar-refractivity contribution >= 4 is 33.2 Å². The smallest absolute Gasteiger partial charge is 0.139 e. The van der Waals surface area contributed by atoms with Crippen molar-refractivity contribution in [2.75, 3.05) is 12.4 Å². The summed E-state index contributed by atoms with van der Waals surface area (Å²) in [5.41, 5.74) is 1.71. The molecule has 0 fully saturated rings. The number of ether oxygens (including phenoxy) is 1. The lowest BCUT2D eigenvalue weighted by atomic mass is 10.2. The van der Waals surface area contributed by atoms with E-state index >= 15 is 0 Å². The molecular weight excluding hydrogens is 333 g/mol. The van der Waals surface area contributed by atoms with Crippen LogP contribution in [0.15, 0.2) is 40.9 Å². The zero-order chi connectivity index (χ0) is 13.8. The van der Waals surface area contributed by atoms with Crippen LogP contribution in [-0.4, -0.2) is 7.11 Å². The fourth-order valence-corrected chi connectivity index (χ4v) is 2.39. The summed E-state index contributed by atoms with van der Waals surface area (Å²) in [5, 5.41) is 3.75. The summed E-state index contributed by atoms with van der Waals surface area (Å²) in [7, 11) is 1.56. The third-order valence-corrected chi connectivity index (χ3v) is 3.34. The predicted molar refractivity (Wildman–Crippen MR) is 79.4 cm³/mol. The molecular formula is C14H12BrClFNO. The number of hydrogen-bond acceptors (Lipinski definition) is 2. The number of halogens is 3. The van der Waals surface area contributed by atoms with Gasteiger partial charge in [-0.25, -0.2) is 4.39 Å². The fourth-order valence-electron chi connectivity index (χ4n) is 1.69. The summed E-state index contributed by atoms with van der Waals surface area (Å²) >= 11 is 9.21. The van der Waals surface area contributed by atoms with E-state index in [2.05, 4.69) is 21.2 Å². The van der Waals surface area contributed by atoms with Crippen LogP contribution in [0.3, 0.4) is 0 Å². The molecule has 0 aromatic heterocycles. The van der Waals surface area contributed by atoms with Gasteiger partial charge in [0.15, 0.2) is 0 Å². The molecule has 0 radical (unpaired) electrons. The first-order valence-corrected chi connectivity index (χ1v) is 6.78. The molecule has 5 heteroatoms. The van der Waals surface area contributed by atoms with E-state index in [4.69, 9.17) is 16.3 Å². The highest BCUT2D eigenvalue weighted by Crippen LogP contribution is 2.27. The Morgan fingerprint density at radius 3 is 2.74 bits per heavy atom. The van der Waals surface area contributed by atoms with Gasteiger partial charge in [0.25, 0.3) is 0 Å². The third-order valence-electron chi connectivity index (χ3n) is 2.57. The molecule has 0 aliphatic heterocycles. The molecule has 0 aliphatic rings. The molecule has 19 heavy (non-hydrogen) atoms. The number of hydrogen-bond donors (Lipinski definition) is 1. The van der Waals surface area contributed by atoms with Crippen molar-refractivity contribution in [2.24, 2.45) is 0 Å². The summed E-state index contributed by atoms with van der Waals surface area (Å²) in [4.78, 5) is 0. The maximum atomic E-state index is 13.2. The molecule has 0 unspecified atom stereocenters. The molecule has 2 aromatic carbocycles. The van der Waals surface area contributed by atoms with E-state index in [0.29, 0.717) is 17.3 Å². The average Bonchev–Trinajstić information content (AvgIpc) is 2.36. The van der Waals surface area contributed by atoms with Gasteiger partial charge >= 0.3 is 0 Å². The molecule has 2 aromatic rings. The molecule has 100 valence electrons. The topological polar surface area (TPSA) is 21.3 Å². The van der Waals surface area contributed by atoms with Crippen molar-refractivity contribution in [1.29, 1.82) is 0 Å². The van der Waals surface area contributed by atoms with E-state index in [1.54, 1.807) is 19.2 Å². The lowest BCUT2D eigenvalue weighted by Crippen LogP contribution is -2.00. The van der Waals surface area contributed by atoms with Gasteiger partial charge in [-0.1, -0.05) is 27.5 Å². The minimum absolute atomic E-state index is 0.264. The Bertz CT molecular complexity index is 571. The minimum Gasteiger partial charge on any atom is -0.495 e. The van der Waals surface area contributed by atoms with Crippen LogP contribution in [0.25, 0.3) is 0 Å². The van der Waals surface area contributed by atoms with Crippen LogP contribution in [0.1, 0.15) is 5.56 Å². The number of methoxy groups -OCH3 is 1. The van der Waals surface area contributed by atoms with Crippen molar-refractivity contribution in [3.8, 4) is 5.75 Å². The van der Waals surface area contributed by atoms with Crippen molar-refractivity contribution < 1.29 is 9.13 Å². The molecule has 0 bridgehead atoms. The van der Waals surface area contributed by atoms with Crippen LogP contribution >= 0.6 is 27.5 Å². The van der Waals surface area contributed by atoms with Gasteiger partial charge in [0, 0.05) is 22.8 Å². The average molecular weight is 345 g/mol. The van der Waals surface area contributed by atoms with Crippen molar-refractivity contribution in [3.05, 3.63) is 57.3 Å². The normalized spacial score (nSPS) is 10.3. The number of rotatable bonds is 4. The Morgan fingerprint density at radius 2 is 2.05 bits per heavy atom. The number of nitrogens with one attached hydrogen (secondary N) is 1. The highest BCUT2D eigenvalue weighted by atomic mass is 79.9. The molecule has 0 saturated heterocycles. The highest BCUT2D eigenvalue weighted by Gasteiger charge is 2.03. The Hall–Kier alpha value is -1.26. The number of anilines is 1. The molecule has 1 N–H and O–H groups in total. The number of benzene rings is 2. The second-order valence-corrected chi connectivity index (χ2v) is 5.30. The van der Waals surface area contributed by atoms with Crippen molar-refractivity contribution in [3.63, 3.8) is 0 Å². The largest absolute Gasteiger partial charge is 0.495 e. The lowest BCUT2D eigenvalue weighted by Gasteiger charge is -2.10. The zero-order valence-corrected chi connectivity index (χ0v) is 12.6. The monoisotopic (exact) mass is 343 g/mol. The molecule has 0 heterocycles. The van der Waals surface area contributed by atoms with Gasteiger partial charge in [-0.3, -0.25) is 0 Å². The lowest BCUT2D eigenvalue weighted by molar-refractivity contribution is 0.415. The summed E-state index contributed by atoms with van der Waals surface area (Å²) in [6.45, 7) is 0.515. The van der Waals surface area contributed by atoms with Crippen molar-refractivity contribution in [1.82, 2.24) is 0 Å². The van der Waals surface area contributed by atoms with E-state index in [1.807, 2.05) is 12.1 Å².